The fourth-order valence-electron chi connectivity index (χ4n) is 4.48. The maximum atomic E-state index is 3.72. The van der Waals surface area contributed by atoms with Gasteiger partial charge in [-0.1, -0.05) is 40.5 Å². The van der Waals surface area contributed by atoms with Crippen molar-refractivity contribution in [1.29, 1.82) is 0 Å². The molecule has 0 aromatic carbocycles. The molecular weight excluding hydrogens is 230 g/mol. The molecule has 0 radical (unpaired) electrons. The van der Waals surface area contributed by atoms with Gasteiger partial charge >= 0.3 is 0 Å². The maximum Gasteiger partial charge on any atom is -0.00177 e. The Bertz CT molecular complexity index is 260. The van der Waals surface area contributed by atoms with Crippen molar-refractivity contribution in [3.63, 3.8) is 0 Å². The molecule has 0 bridgehead atoms. The van der Waals surface area contributed by atoms with Crippen molar-refractivity contribution in [1.82, 2.24) is 5.32 Å². The van der Waals surface area contributed by atoms with Crippen molar-refractivity contribution < 1.29 is 0 Å². The summed E-state index contributed by atoms with van der Waals surface area (Å²) in [5.74, 6) is 5.77. The Morgan fingerprint density at radius 2 is 1.79 bits per heavy atom. The molecule has 112 valence electrons. The molecule has 2 aliphatic rings. The van der Waals surface area contributed by atoms with Crippen molar-refractivity contribution in [3.8, 4) is 0 Å². The van der Waals surface area contributed by atoms with Gasteiger partial charge in [0.05, 0.1) is 0 Å². The van der Waals surface area contributed by atoms with Gasteiger partial charge in [0.15, 0.2) is 0 Å². The lowest BCUT2D eigenvalue weighted by Crippen LogP contribution is -2.33. The molecule has 0 heterocycles. The highest BCUT2D eigenvalue weighted by molar-refractivity contribution is 4.88. The van der Waals surface area contributed by atoms with Crippen LogP contribution in [0.2, 0.25) is 0 Å². The summed E-state index contributed by atoms with van der Waals surface area (Å²) in [5.41, 5.74) is 0. The lowest BCUT2D eigenvalue weighted by molar-refractivity contribution is 0.132. The molecule has 5 atom stereocenters. The van der Waals surface area contributed by atoms with Crippen molar-refractivity contribution in [2.45, 2.75) is 66.2 Å². The van der Waals surface area contributed by atoms with Crippen LogP contribution in [0.1, 0.15) is 66.2 Å². The van der Waals surface area contributed by atoms with E-state index in [1.807, 2.05) is 0 Å². The zero-order valence-electron chi connectivity index (χ0n) is 13.6. The van der Waals surface area contributed by atoms with Gasteiger partial charge in [0.1, 0.15) is 0 Å². The molecule has 0 aliphatic heterocycles. The topological polar surface area (TPSA) is 12.0 Å². The molecule has 2 aliphatic carbocycles. The largest absolute Gasteiger partial charge is 0.316 e. The summed E-state index contributed by atoms with van der Waals surface area (Å²) >= 11 is 0. The summed E-state index contributed by atoms with van der Waals surface area (Å²) in [4.78, 5) is 0. The second-order valence-corrected chi connectivity index (χ2v) is 7.93. The first-order valence-corrected chi connectivity index (χ1v) is 8.78. The van der Waals surface area contributed by atoms with Crippen LogP contribution >= 0.6 is 0 Å². The van der Waals surface area contributed by atoms with E-state index in [0.29, 0.717) is 0 Å². The minimum absolute atomic E-state index is 0.787. The van der Waals surface area contributed by atoms with E-state index >= 15 is 0 Å². The lowest BCUT2D eigenvalue weighted by atomic mass is 9.69. The van der Waals surface area contributed by atoms with Crippen LogP contribution in [0.5, 0.6) is 0 Å². The highest BCUT2D eigenvalue weighted by atomic mass is 14.9. The molecule has 0 aromatic rings. The first-order chi connectivity index (χ1) is 9.08. The van der Waals surface area contributed by atoms with Crippen molar-refractivity contribution in [3.05, 3.63) is 0 Å². The van der Waals surface area contributed by atoms with Gasteiger partial charge in [-0.05, 0) is 74.3 Å². The summed E-state index contributed by atoms with van der Waals surface area (Å²) in [5, 5.41) is 3.72. The molecule has 2 rings (SSSR count). The number of nitrogens with one attached hydrogen (secondary N) is 1. The summed E-state index contributed by atoms with van der Waals surface area (Å²) < 4.78 is 0. The van der Waals surface area contributed by atoms with E-state index in [1.165, 1.54) is 51.6 Å². The van der Waals surface area contributed by atoms with Crippen LogP contribution in [0.3, 0.4) is 0 Å². The molecule has 1 N–H and O–H groups in total. The highest BCUT2D eigenvalue weighted by Gasteiger charge is 2.36. The van der Waals surface area contributed by atoms with E-state index in [-0.39, 0.29) is 0 Å². The smallest absolute Gasteiger partial charge is 0.00177 e. The zero-order valence-corrected chi connectivity index (χ0v) is 13.6. The van der Waals surface area contributed by atoms with Crippen LogP contribution in [-0.2, 0) is 0 Å². The fraction of sp³-hybridized carbons (Fsp3) is 1.00. The quantitative estimate of drug-likeness (QED) is 0.758. The van der Waals surface area contributed by atoms with Crippen LogP contribution < -0.4 is 5.32 Å². The maximum absolute atomic E-state index is 3.72. The number of rotatable bonds is 5. The molecule has 0 aromatic heterocycles. The van der Waals surface area contributed by atoms with Gasteiger partial charge in [0.25, 0.3) is 0 Å². The molecule has 2 saturated carbocycles. The first kappa shape index (κ1) is 15.4. The zero-order chi connectivity index (χ0) is 13.8. The molecule has 5 unspecified atom stereocenters. The third-order valence-electron chi connectivity index (χ3n) is 5.92. The second-order valence-electron chi connectivity index (χ2n) is 7.93. The van der Waals surface area contributed by atoms with Crippen molar-refractivity contribution in [2.24, 2.45) is 35.5 Å². The summed E-state index contributed by atoms with van der Waals surface area (Å²) in [6.07, 6.45) is 8.98. The van der Waals surface area contributed by atoms with E-state index in [0.717, 1.165) is 35.5 Å². The van der Waals surface area contributed by atoms with E-state index in [9.17, 15) is 0 Å². The normalized spacial score (nSPS) is 39.9. The average Bonchev–Trinajstić information content (AvgIpc) is 2.80. The van der Waals surface area contributed by atoms with E-state index < -0.39 is 0 Å². The Labute approximate surface area is 120 Å². The Morgan fingerprint density at radius 3 is 2.47 bits per heavy atom. The first-order valence-electron chi connectivity index (χ1n) is 8.78. The Morgan fingerprint density at radius 1 is 1.00 bits per heavy atom. The predicted octanol–water partition coefficient (Wildman–Crippen LogP) is 4.72. The molecule has 19 heavy (non-hydrogen) atoms. The van der Waals surface area contributed by atoms with Gasteiger partial charge in [-0.2, -0.15) is 0 Å². The highest BCUT2D eigenvalue weighted by Crippen LogP contribution is 2.45. The third-order valence-corrected chi connectivity index (χ3v) is 5.92. The molecule has 0 spiro atoms. The van der Waals surface area contributed by atoms with Crippen molar-refractivity contribution >= 4 is 0 Å². The molecule has 0 saturated heterocycles. The molecular formula is C18H35N. The minimum Gasteiger partial charge on any atom is -0.316 e. The van der Waals surface area contributed by atoms with Gasteiger partial charge in [0, 0.05) is 0 Å². The van der Waals surface area contributed by atoms with Crippen LogP contribution in [0.25, 0.3) is 0 Å². The van der Waals surface area contributed by atoms with Gasteiger partial charge in [-0.3, -0.25) is 0 Å². The van der Waals surface area contributed by atoms with Gasteiger partial charge < -0.3 is 5.32 Å². The van der Waals surface area contributed by atoms with Crippen LogP contribution in [0.15, 0.2) is 0 Å². The van der Waals surface area contributed by atoms with Crippen LogP contribution in [0, 0.1) is 35.5 Å². The van der Waals surface area contributed by atoms with Gasteiger partial charge in [-0.15, -0.1) is 0 Å². The van der Waals surface area contributed by atoms with Crippen LogP contribution in [0.4, 0.5) is 0 Å². The third kappa shape index (κ3) is 4.21. The molecule has 2 fully saturated rings. The van der Waals surface area contributed by atoms with Gasteiger partial charge in [-0.25, -0.2) is 0 Å². The Kier molecular flexibility index (Phi) is 5.74. The fourth-order valence-corrected chi connectivity index (χ4v) is 4.48. The van der Waals surface area contributed by atoms with E-state index in [4.69, 9.17) is 0 Å². The van der Waals surface area contributed by atoms with Gasteiger partial charge in [0.2, 0.25) is 0 Å². The molecule has 0 amide bonds. The lowest BCUT2D eigenvalue weighted by Gasteiger charge is -2.37. The minimum atomic E-state index is 0.787. The second kappa shape index (κ2) is 7.11. The SMILES string of the molecule is CC(C)CNCC1CCCC1C1CCC(C)C(C)C1. The molecule has 1 heteroatoms. The van der Waals surface area contributed by atoms with Crippen molar-refractivity contribution in [2.75, 3.05) is 13.1 Å². The summed E-state index contributed by atoms with van der Waals surface area (Å²) in [6, 6.07) is 0. The number of hydrogen-bond donors (Lipinski definition) is 1. The Hall–Kier alpha value is -0.0400. The molecule has 1 nitrogen and oxygen atoms in total. The standard InChI is InChI=1S/C18H35N/c1-13(2)11-19-12-17-6-5-7-18(17)16-9-8-14(3)15(4)10-16/h13-19H,5-12H2,1-4H3. The summed E-state index contributed by atoms with van der Waals surface area (Å²) in [7, 11) is 0. The Balaban J connectivity index is 1.81. The summed E-state index contributed by atoms with van der Waals surface area (Å²) in [6.45, 7) is 12.0. The van der Waals surface area contributed by atoms with E-state index in [2.05, 4.69) is 33.0 Å². The number of hydrogen-bond acceptors (Lipinski definition) is 1. The van der Waals surface area contributed by atoms with Crippen LogP contribution in [-0.4, -0.2) is 13.1 Å². The predicted molar refractivity (Wildman–Crippen MR) is 84.2 cm³/mol. The average molecular weight is 265 g/mol. The monoisotopic (exact) mass is 265 g/mol. The van der Waals surface area contributed by atoms with E-state index in [1.54, 1.807) is 0 Å².